The van der Waals surface area contributed by atoms with Crippen LogP contribution < -0.4 is 16.4 Å². The number of hydrogen-bond acceptors (Lipinski definition) is 3. The van der Waals surface area contributed by atoms with Gasteiger partial charge in [0.05, 0.1) is 6.33 Å². The lowest BCUT2D eigenvalue weighted by molar-refractivity contribution is 0.0919. The second-order valence-electron chi connectivity index (χ2n) is 5.61. The highest BCUT2D eigenvalue weighted by molar-refractivity contribution is 5.94. The van der Waals surface area contributed by atoms with E-state index in [9.17, 15) is 9.18 Å². The minimum Gasteiger partial charge on any atom is -0.381 e. The van der Waals surface area contributed by atoms with Gasteiger partial charge in [-0.25, -0.2) is 4.39 Å². The van der Waals surface area contributed by atoms with Crippen molar-refractivity contribution in [3.63, 3.8) is 0 Å². The third-order valence-corrected chi connectivity index (χ3v) is 2.57. The van der Waals surface area contributed by atoms with Crippen LogP contribution >= 0.6 is 0 Å². The predicted molar refractivity (Wildman–Crippen MR) is 80.4 cm³/mol. The molecule has 0 spiro atoms. The maximum atomic E-state index is 12.4. The molecule has 0 aliphatic carbocycles. The van der Waals surface area contributed by atoms with Crippen LogP contribution in [0.25, 0.3) is 0 Å². The first-order valence-corrected chi connectivity index (χ1v) is 6.50. The van der Waals surface area contributed by atoms with E-state index >= 15 is 0 Å². The molecule has 0 saturated heterocycles. The van der Waals surface area contributed by atoms with Crippen LogP contribution in [0.5, 0.6) is 0 Å². The quantitative estimate of drug-likeness (QED) is 0.775. The Balaban J connectivity index is 2.63. The molecular weight excluding hydrogens is 257 g/mol. The third kappa shape index (κ3) is 5.40. The molecule has 5 heteroatoms. The summed E-state index contributed by atoms with van der Waals surface area (Å²) < 4.78 is 12.4. The lowest BCUT2D eigenvalue weighted by Crippen LogP contribution is -2.40. The average Bonchev–Trinajstić information content (AvgIpc) is 2.38. The first-order chi connectivity index (χ1) is 9.35. The Hall–Kier alpha value is -1.88. The fourth-order valence-corrected chi connectivity index (χ4v) is 1.52. The van der Waals surface area contributed by atoms with E-state index in [-0.39, 0.29) is 18.0 Å². The van der Waals surface area contributed by atoms with Gasteiger partial charge in [0.2, 0.25) is 0 Å². The Morgan fingerprint density at radius 2 is 1.90 bits per heavy atom. The summed E-state index contributed by atoms with van der Waals surface area (Å²) in [5, 5.41) is 5.93. The molecule has 1 aromatic rings. The molecule has 1 amide bonds. The van der Waals surface area contributed by atoms with Crippen molar-refractivity contribution in [1.82, 2.24) is 5.32 Å². The topological polar surface area (TPSA) is 67.2 Å². The fraction of sp³-hybridized carbons (Fsp3) is 0.400. The van der Waals surface area contributed by atoms with Crippen molar-refractivity contribution in [1.29, 1.82) is 0 Å². The molecular formula is C15H22FN3O. The zero-order valence-corrected chi connectivity index (χ0v) is 12.2. The SMILES string of the molecule is CC(C)(C)NC(=O)c1ccc(NC/C(=C\F)CN)cc1. The summed E-state index contributed by atoms with van der Waals surface area (Å²) in [5.41, 5.74) is 6.99. The van der Waals surface area contributed by atoms with Gasteiger partial charge in [-0.05, 0) is 50.6 Å². The number of carbonyl (C=O) groups is 1. The van der Waals surface area contributed by atoms with E-state index in [2.05, 4.69) is 10.6 Å². The Labute approximate surface area is 119 Å². The smallest absolute Gasteiger partial charge is 0.251 e. The molecule has 0 heterocycles. The minimum absolute atomic E-state index is 0.115. The molecule has 1 rings (SSSR count). The predicted octanol–water partition coefficient (Wildman–Crippen LogP) is 2.44. The van der Waals surface area contributed by atoms with Crippen molar-refractivity contribution in [2.75, 3.05) is 18.4 Å². The molecule has 0 unspecified atom stereocenters. The van der Waals surface area contributed by atoms with Crippen molar-refractivity contribution in [3.05, 3.63) is 41.7 Å². The van der Waals surface area contributed by atoms with Crippen molar-refractivity contribution in [3.8, 4) is 0 Å². The standard InChI is InChI=1S/C15H22FN3O/c1-15(2,3)19-14(20)12-4-6-13(7-5-12)18-10-11(8-16)9-17/h4-8,18H,9-10,17H2,1-3H3,(H,19,20)/b11-8-. The largest absolute Gasteiger partial charge is 0.381 e. The number of amides is 1. The highest BCUT2D eigenvalue weighted by Crippen LogP contribution is 2.11. The van der Waals surface area contributed by atoms with E-state index in [0.29, 0.717) is 24.0 Å². The van der Waals surface area contributed by atoms with Crippen LogP contribution in [0.2, 0.25) is 0 Å². The van der Waals surface area contributed by atoms with E-state index in [0.717, 1.165) is 5.69 Å². The molecule has 110 valence electrons. The molecule has 20 heavy (non-hydrogen) atoms. The van der Waals surface area contributed by atoms with Crippen molar-refractivity contribution in [2.45, 2.75) is 26.3 Å². The Morgan fingerprint density at radius 3 is 2.35 bits per heavy atom. The van der Waals surface area contributed by atoms with E-state index < -0.39 is 0 Å². The maximum Gasteiger partial charge on any atom is 0.251 e. The van der Waals surface area contributed by atoms with Crippen LogP contribution in [0.3, 0.4) is 0 Å². The molecule has 0 radical (unpaired) electrons. The molecule has 0 bridgehead atoms. The number of halogens is 1. The van der Waals surface area contributed by atoms with Crippen molar-refractivity contribution < 1.29 is 9.18 Å². The summed E-state index contributed by atoms with van der Waals surface area (Å²) in [6, 6.07) is 7.02. The van der Waals surface area contributed by atoms with Crippen LogP contribution in [0.1, 0.15) is 31.1 Å². The normalized spacial score (nSPS) is 12.2. The van der Waals surface area contributed by atoms with Crippen LogP contribution in [-0.4, -0.2) is 24.5 Å². The highest BCUT2D eigenvalue weighted by atomic mass is 19.1. The lowest BCUT2D eigenvalue weighted by Gasteiger charge is -2.20. The Bertz CT molecular complexity index is 475. The molecule has 0 aliphatic rings. The fourth-order valence-electron chi connectivity index (χ4n) is 1.52. The van der Waals surface area contributed by atoms with Gasteiger partial charge < -0.3 is 16.4 Å². The summed E-state index contributed by atoms with van der Waals surface area (Å²) in [5.74, 6) is -0.115. The second-order valence-corrected chi connectivity index (χ2v) is 5.61. The second kappa shape index (κ2) is 7.05. The molecule has 4 nitrogen and oxygen atoms in total. The summed E-state index contributed by atoms with van der Waals surface area (Å²) in [4.78, 5) is 11.9. The van der Waals surface area contributed by atoms with Gasteiger partial charge in [0.25, 0.3) is 5.91 Å². The first kappa shape index (κ1) is 16.2. The number of hydrogen-bond donors (Lipinski definition) is 3. The number of nitrogens with one attached hydrogen (secondary N) is 2. The number of rotatable bonds is 5. The van der Waals surface area contributed by atoms with Crippen molar-refractivity contribution >= 4 is 11.6 Å². The van der Waals surface area contributed by atoms with E-state index in [1.165, 1.54) is 0 Å². The van der Waals surface area contributed by atoms with E-state index in [1.54, 1.807) is 24.3 Å². The van der Waals surface area contributed by atoms with Gasteiger partial charge in [-0.15, -0.1) is 0 Å². The molecule has 0 aromatic heterocycles. The van der Waals surface area contributed by atoms with Gasteiger partial charge in [-0.1, -0.05) is 0 Å². The summed E-state index contributed by atoms with van der Waals surface area (Å²) >= 11 is 0. The third-order valence-electron chi connectivity index (χ3n) is 2.57. The highest BCUT2D eigenvalue weighted by Gasteiger charge is 2.14. The van der Waals surface area contributed by atoms with Gasteiger partial charge in [0.15, 0.2) is 0 Å². The zero-order chi connectivity index (χ0) is 15.2. The molecule has 0 aliphatic heterocycles. The van der Waals surface area contributed by atoms with E-state index in [1.807, 2.05) is 20.8 Å². The lowest BCUT2D eigenvalue weighted by atomic mass is 10.1. The number of anilines is 1. The molecule has 0 saturated carbocycles. The summed E-state index contributed by atoms with van der Waals surface area (Å²) in [7, 11) is 0. The molecule has 4 N–H and O–H groups in total. The van der Waals surface area contributed by atoms with Crippen LogP contribution in [0.4, 0.5) is 10.1 Å². The molecule has 1 aromatic carbocycles. The van der Waals surface area contributed by atoms with E-state index in [4.69, 9.17) is 5.73 Å². The van der Waals surface area contributed by atoms with Gasteiger partial charge in [-0.3, -0.25) is 4.79 Å². The molecule has 0 atom stereocenters. The summed E-state index contributed by atoms with van der Waals surface area (Å²) in [6.07, 6.45) is 0.512. The number of carbonyl (C=O) groups excluding carboxylic acids is 1. The van der Waals surface area contributed by atoms with Crippen LogP contribution in [0.15, 0.2) is 36.2 Å². The molecule has 0 fully saturated rings. The minimum atomic E-state index is -0.268. The Morgan fingerprint density at radius 1 is 1.30 bits per heavy atom. The summed E-state index contributed by atoms with van der Waals surface area (Å²) in [6.45, 7) is 6.31. The number of nitrogens with two attached hydrogens (primary N) is 1. The number of benzene rings is 1. The Kier molecular flexibility index (Phi) is 5.70. The monoisotopic (exact) mass is 279 g/mol. The first-order valence-electron chi connectivity index (χ1n) is 6.50. The zero-order valence-electron chi connectivity index (χ0n) is 12.2. The van der Waals surface area contributed by atoms with Crippen LogP contribution in [0, 0.1) is 0 Å². The van der Waals surface area contributed by atoms with Gasteiger partial charge in [0, 0.05) is 29.9 Å². The van der Waals surface area contributed by atoms with Gasteiger partial charge in [0.1, 0.15) is 0 Å². The van der Waals surface area contributed by atoms with Crippen LogP contribution in [-0.2, 0) is 0 Å². The average molecular weight is 279 g/mol. The van der Waals surface area contributed by atoms with Gasteiger partial charge in [-0.2, -0.15) is 0 Å². The maximum absolute atomic E-state index is 12.4. The van der Waals surface area contributed by atoms with Crippen molar-refractivity contribution in [2.24, 2.45) is 5.73 Å². The van der Waals surface area contributed by atoms with Gasteiger partial charge >= 0.3 is 0 Å².